The van der Waals surface area contributed by atoms with Gasteiger partial charge >= 0.3 is 5.97 Å². The Morgan fingerprint density at radius 3 is 2.83 bits per heavy atom. The lowest BCUT2D eigenvalue weighted by molar-refractivity contribution is 0.0637. The van der Waals surface area contributed by atoms with Crippen molar-refractivity contribution >= 4 is 11.8 Å². The molecule has 1 aromatic rings. The monoisotopic (exact) mass is 250 g/mol. The number of carbonyl (C=O) groups is 1. The summed E-state index contributed by atoms with van der Waals surface area (Å²) in [6, 6.07) is 1.66. The molecule has 1 aliphatic rings. The Balaban J connectivity index is 2.36. The molecule has 0 spiro atoms. The largest absolute Gasteiger partial charge is 0.478 e. The van der Waals surface area contributed by atoms with Gasteiger partial charge in [0.2, 0.25) is 0 Å². The fraction of sp³-hybridized carbons (Fsp3) is 0.538. The third-order valence-electron chi connectivity index (χ3n) is 3.20. The van der Waals surface area contributed by atoms with Crippen LogP contribution < -0.4 is 4.90 Å². The van der Waals surface area contributed by atoms with Crippen LogP contribution in [0.4, 0.5) is 5.82 Å². The number of pyridine rings is 1. The Morgan fingerprint density at radius 2 is 2.28 bits per heavy atom. The van der Waals surface area contributed by atoms with E-state index in [0.717, 1.165) is 17.9 Å². The van der Waals surface area contributed by atoms with Gasteiger partial charge in [0.15, 0.2) is 0 Å². The van der Waals surface area contributed by atoms with Gasteiger partial charge in [-0.05, 0) is 32.4 Å². The number of rotatable bonds is 2. The summed E-state index contributed by atoms with van der Waals surface area (Å²) < 4.78 is 5.47. The predicted molar refractivity (Wildman–Crippen MR) is 68.2 cm³/mol. The summed E-state index contributed by atoms with van der Waals surface area (Å²) >= 11 is 0. The lowest BCUT2D eigenvalue weighted by atomic mass is 10.0. The second kappa shape index (κ2) is 4.57. The first-order chi connectivity index (χ1) is 8.42. The highest BCUT2D eigenvalue weighted by atomic mass is 16.5. The molecule has 1 saturated heterocycles. The zero-order valence-corrected chi connectivity index (χ0v) is 10.9. The predicted octanol–water partition coefficient (Wildman–Crippen LogP) is 1.70. The molecular formula is C13H18N2O3. The van der Waals surface area contributed by atoms with Crippen LogP contribution in [0.15, 0.2) is 12.3 Å². The van der Waals surface area contributed by atoms with Crippen LogP contribution in [0.3, 0.4) is 0 Å². The van der Waals surface area contributed by atoms with Crippen molar-refractivity contribution in [1.29, 1.82) is 0 Å². The number of aromatic nitrogens is 1. The molecule has 0 unspecified atom stereocenters. The number of carboxylic acids is 1. The van der Waals surface area contributed by atoms with Crippen molar-refractivity contribution in [2.75, 3.05) is 24.7 Å². The molecule has 1 N–H and O–H groups in total. The molecule has 0 amide bonds. The van der Waals surface area contributed by atoms with Crippen LogP contribution >= 0.6 is 0 Å². The normalized spacial score (nSPS) is 18.7. The van der Waals surface area contributed by atoms with Gasteiger partial charge in [0.25, 0.3) is 0 Å². The smallest absolute Gasteiger partial charge is 0.337 e. The number of ether oxygens (including phenoxy) is 1. The topological polar surface area (TPSA) is 62.7 Å². The molecular weight excluding hydrogens is 232 g/mol. The zero-order valence-electron chi connectivity index (χ0n) is 10.9. The molecule has 18 heavy (non-hydrogen) atoms. The molecule has 0 bridgehead atoms. The molecule has 2 rings (SSSR count). The minimum absolute atomic E-state index is 0.124. The molecule has 1 aliphatic heterocycles. The SMILES string of the molecule is Cc1cc(C(=O)O)cnc1N1CCOCC1(C)C. The molecule has 0 aromatic carbocycles. The number of nitrogens with zero attached hydrogens (tertiary/aromatic N) is 2. The summed E-state index contributed by atoms with van der Waals surface area (Å²) in [6.45, 7) is 8.17. The highest BCUT2D eigenvalue weighted by Crippen LogP contribution is 2.28. The van der Waals surface area contributed by atoms with Gasteiger partial charge in [0.1, 0.15) is 5.82 Å². The van der Waals surface area contributed by atoms with Gasteiger partial charge in [-0.2, -0.15) is 0 Å². The number of aryl methyl sites for hydroxylation is 1. The summed E-state index contributed by atoms with van der Waals surface area (Å²) in [5.41, 5.74) is 0.980. The maximum atomic E-state index is 10.9. The molecule has 5 nitrogen and oxygen atoms in total. The maximum absolute atomic E-state index is 10.9. The van der Waals surface area contributed by atoms with Crippen molar-refractivity contribution in [1.82, 2.24) is 4.98 Å². The van der Waals surface area contributed by atoms with E-state index in [0.29, 0.717) is 13.2 Å². The van der Waals surface area contributed by atoms with E-state index in [1.807, 2.05) is 6.92 Å². The third-order valence-corrected chi connectivity index (χ3v) is 3.20. The van der Waals surface area contributed by atoms with E-state index in [1.165, 1.54) is 6.20 Å². The summed E-state index contributed by atoms with van der Waals surface area (Å²) in [7, 11) is 0. The summed E-state index contributed by atoms with van der Waals surface area (Å²) in [5.74, 6) is -0.105. The summed E-state index contributed by atoms with van der Waals surface area (Å²) in [5, 5.41) is 8.94. The van der Waals surface area contributed by atoms with Crippen LogP contribution in [0.1, 0.15) is 29.8 Å². The van der Waals surface area contributed by atoms with Gasteiger partial charge in [-0.3, -0.25) is 0 Å². The Hall–Kier alpha value is -1.62. The van der Waals surface area contributed by atoms with Crippen LogP contribution in [-0.4, -0.2) is 41.4 Å². The zero-order chi connectivity index (χ0) is 13.3. The highest BCUT2D eigenvalue weighted by Gasteiger charge is 2.32. The maximum Gasteiger partial charge on any atom is 0.337 e. The molecule has 1 fully saturated rings. The number of anilines is 1. The molecule has 0 atom stereocenters. The van der Waals surface area contributed by atoms with Crippen LogP contribution in [0.2, 0.25) is 0 Å². The van der Waals surface area contributed by atoms with E-state index in [2.05, 4.69) is 23.7 Å². The van der Waals surface area contributed by atoms with Crippen LogP contribution in [0.5, 0.6) is 0 Å². The number of hydrogen-bond donors (Lipinski definition) is 1. The lowest BCUT2D eigenvalue weighted by Crippen LogP contribution is -2.53. The van der Waals surface area contributed by atoms with Gasteiger partial charge in [-0.15, -0.1) is 0 Å². The molecule has 98 valence electrons. The first-order valence-electron chi connectivity index (χ1n) is 5.97. The quantitative estimate of drug-likeness (QED) is 0.865. The second-order valence-corrected chi connectivity index (χ2v) is 5.19. The molecule has 1 aromatic heterocycles. The fourth-order valence-corrected chi connectivity index (χ4v) is 2.22. The molecule has 5 heteroatoms. The van der Waals surface area contributed by atoms with E-state index in [1.54, 1.807) is 6.07 Å². The Labute approximate surface area is 106 Å². The summed E-state index contributed by atoms with van der Waals surface area (Å²) in [4.78, 5) is 17.4. The third kappa shape index (κ3) is 2.31. The number of morpholine rings is 1. The number of hydrogen-bond acceptors (Lipinski definition) is 4. The van der Waals surface area contributed by atoms with Crippen molar-refractivity contribution in [2.24, 2.45) is 0 Å². The molecule has 0 aliphatic carbocycles. The fourth-order valence-electron chi connectivity index (χ4n) is 2.22. The number of carboxylic acid groups (broad SMARTS) is 1. The minimum Gasteiger partial charge on any atom is -0.478 e. The van der Waals surface area contributed by atoms with Crippen molar-refractivity contribution in [3.05, 3.63) is 23.4 Å². The molecule has 0 radical (unpaired) electrons. The Kier molecular flexibility index (Phi) is 3.26. The number of aromatic carboxylic acids is 1. The average molecular weight is 250 g/mol. The lowest BCUT2D eigenvalue weighted by Gasteiger charge is -2.43. The van der Waals surface area contributed by atoms with Crippen molar-refractivity contribution in [3.8, 4) is 0 Å². The Bertz CT molecular complexity index is 471. The molecule has 2 heterocycles. The van der Waals surface area contributed by atoms with Crippen LogP contribution in [0.25, 0.3) is 0 Å². The van der Waals surface area contributed by atoms with Gasteiger partial charge in [0.05, 0.1) is 24.3 Å². The van der Waals surface area contributed by atoms with Gasteiger partial charge < -0.3 is 14.7 Å². The minimum atomic E-state index is -0.946. The van der Waals surface area contributed by atoms with Crippen LogP contribution in [-0.2, 0) is 4.74 Å². The first kappa shape index (κ1) is 12.8. The van der Waals surface area contributed by atoms with E-state index >= 15 is 0 Å². The second-order valence-electron chi connectivity index (χ2n) is 5.19. The van der Waals surface area contributed by atoms with Gasteiger partial charge in [-0.25, -0.2) is 9.78 Å². The van der Waals surface area contributed by atoms with Gasteiger partial charge in [0, 0.05) is 12.7 Å². The average Bonchev–Trinajstić information content (AvgIpc) is 2.29. The van der Waals surface area contributed by atoms with E-state index in [-0.39, 0.29) is 11.1 Å². The van der Waals surface area contributed by atoms with Crippen molar-refractivity contribution in [2.45, 2.75) is 26.3 Å². The Morgan fingerprint density at radius 1 is 1.56 bits per heavy atom. The van der Waals surface area contributed by atoms with E-state index in [4.69, 9.17) is 9.84 Å². The van der Waals surface area contributed by atoms with Crippen LogP contribution in [0, 0.1) is 6.92 Å². The highest BCUT2D eigenvalue weighted by molar-refractivity contribution is 5.87. The summed E-state index contributed by atoms with van der Waals surface area (Å²) in [6.07, 6.45) is 1.41. The van der Waals surface area contributed by atoms with E-state index < -0.39 is 5.97 Å². The first-order valence-corrected chi connectivity index (χ1v) is 5.97. The molecule has 0 saturated carbocycles. The van der Waals surface area contributed by atoms with Crippen molar-refractivity contribution in [3.63, 3.8) is 0 Å². The van der Waals surface area contributed by atoms with Gasteiger partial charge in [-0.1, -0.05) is 0 Å². The van der Waals surface area contributed by atoms with E-state index in [9.17, 15) is 4.79 Å². The van der Waals surface area contributed by atoms with Crippen molar-refractivity contribution < 1.29 is 14.6 Å². The standard InChI is InChI=1S/C13H18N2O3/c1-9-6-10(12(16)17)7-14-11(9)15-4-5-18-8-13(15,2)3/h6-7H,4-5,8H2,1-3H3,(H,16,17).